The van der Waals surface area contributed by atoms with Gasteiger partial charge in [0, 0.05) is 21.8 Å². The second-order valence-electron chi connectivity index (χ2n) is 5.65. The van der Waals surface area contributed by atoms with Gasteiger partial charge < -0.3 is 9.97 Å². The Hall–Kier alpha value is -2.81. The minimum absolute atomic E-state index is 0.0745. The Bertz CT molecular complexity index is 1020. The first kappa shape index (κ1) is 12.9. The van der Waals surface area contributed by atoms with E-state index in [1.54, 1.807) is 6.92 Å². The first-order valence-corrected chi connectivity index (χ1v) is 7.36. The first-order valence-electron chi connectivity index (χ1n) is 7.36. The third-order valence-corrected chi connectivity index (χ3v) is 4.27. The van der Waals surface area contributed by atoms with Gasteiger partial charge in [-0.1, -0.05) is 36.4 Å². The molecule has 0 fully saturated rings. The molecule has 2 aromatic carbocycles. The number of hydrogen-bond donors (Lipinski definition) is 2. The Balaban J connectivity index is 2.10. The van der Waals surface area contributed by atoms with E-state index >= 15 is 0 Å². The van der Waals surface area contributed by atoms with Crippen molar-refractivity contribution in [3.63, 3.8) is 0 Å². The van der Waals surface area contributed by atoms with Crippen LogP contribution in [0.1, 0.15) is 22.8 Å². The molecule has 2 heterocycles. The Morgan fingerprint density at radius 3 is 2.00 bits per heavy atom. The molecule has 0 spiro atoms. The molecule has 2 aromatic heterocycles. The highest BCUT2D eigenvalue weighted by Crippen LogP contribution is 2.34. The van der Waals surface area contributed by atoms with Crippen LogP contribution >= 0.6 is 0 Å². The number of ketones is 1. The van der Waals surface area contributed by atoms with Gasteiger partial charge in [-0.2, -0.15) is 0 Å². The van der Waals surface area contributed by atoms with Crippen LogP contribution in [-0.2, 0) is 0 Å². The molecule has 3 heteroatoms. The topological polar surface area (TPSA) is 48.6 Å². The van der Waals surface area contributed by atoms with E-state index < -0.39 is 0 Å². The summed E-state index contributed by atoms with van der Waals surface area (Å²) < 4.78 is 0. The summed E-state index contributed by atoms with van der Waals surface area (Å²) in [5.41, 5.74) is 5.85. The number of fused-ring (bicyclic) bond motifs is 2. The van der Waals surface area contributed by atoms with E-state index in [1.165, 1.54) is 5.39 Å². The molecule has 3 nitrogen and oxygen atoms in total. The first-order chi connectivity index (χ1) is 10.7. The lowest BCUT2D eigenvalue weighted by atomic mass is 10.0. The molecule has 0 aliphatic carbocycles. The van der Waals surface area contributed by atoms with Crippen molar-refractivity contribution in [3.05, 3.63) is 59.7 Å². The molecule has 0 aliphatic heterocycles. The Morgan fingerprint density at radius 2 is 1.36 bits per heavy atom. The largest absolute Gasteiger partial charge is 0.353 e. The van der Waals surface area contributed by atoms with Gasteiger partial charge in [-0.3, -0.25) is 4.79 Å². The smallest absolute Gasteiger partial charge is 0.162 e. The maximum Gasteiger partial charge on any atom is 0.162 e. The predicted octanol–water partition coefficient (Wildman–Crippen LogP) is 4.83. The Labute approximate surface area is 128 Å². The molecule has 4 rings (SSSR count). The van der Waals surface area contributed by atoms with E-state index in [4.69, 9.17) is 0 Å². The number of nitrogens with one attached hydrogen (secondary N) is 2. The van der Waals surface area contributed by atoms with Gasteiger partial charge in [-0.05, 0) is 31.5 Å². The minimum Gasteiger partial charge on any atom is -0.353 e. The molecule has 0 unspecified atom stereocenters. The lowest BCUT2D eigenvalue weighted by molar-refractivity contribution is 0.102. The molecule has 108 valence electrons. The number of carbonyl (C=O) groups is 1. The van der Waals surface area contributed by atoms with Gasteiger partial charge >= 0.3 is 0 Å². The summed E-state index contributed by atoms with van der Waals surface area (Å²) in [4.78, 5) is 19.1. The highest BCUT2D eigenvalue weighted by Gasteiger charge is 2.19. The second-order valence-corrected chi connectivity index (χ2v) is 5.65. The summed E-state index contributed by atoms with van der Waals surface area (Å²) >= 11 is 0. The summed E-state index contributed by atoms with van der Waals surface area (Å²) in [5.74, 6) is 0.0745. The zero-order valence-electron chi connectivity index (χ0n) is 12.5. The Kier molecular flexibility index (Phi) is 2.70. The molecular formula is C19H16N2O. The molecule has 2 N–H and O–H groups in total. The van der Waals surface area contributed by atoms with Crippen LogP contribution in [0.4, 0.5) is 0 Å². The molecule has 0 aliphatic rings. The molecule has 0 saturated heterocycles. The van der Waals surface area contributed by atoms with E-state index in [9.17, 15) is 4.79 Å². The van der Waals surface area contributed by atoms with Crippen molar-refractivity contribution in [2.75, 3.05) is 0 Å². The quantitative estimate of drug-likeness (QED) is 0.510. The van der Waals surface area contributed by atoms with Gasteiger partial charge in [0.05, 0.1) is 17.0 Å². The average molecular weight is 288 g/mol. The molecule has 22 heavy (non-hydrogen) atoms. The second kappa shape index (κ2) is 4.60. The van der Waals surface area contributed by atoms with E-state index in [-0.39, 0.29) is 5.78 Å². The average Bonchev–Trinajstić information content (AvgIpc) is 3.06. The van der Waals surface area contributed by atoms with Crippen molar-refractivity contribution < 1.29 is 4.79 Å². The number of rotatable bonds is 2. The van der Waals surface area contributed by atoms with E-state index in [1.807, 2.05) is 36.4 Å². The number of benzene rings is 2. The molecule has 0 bridgehead atoms. The number of H-pyrrole nitrogens is 2. The molecule has 0 radical (unpaired) electrons. The number of Topliss-reactive ketones (excluding diaryl/α,β-unsaturated/α-hetero) is 1. The summed E-state index contributed by atoms with van der Waals surface area (Å²) in [6.45, 7) is 3.71. The van der Waals surface area contributed by atoms with Gasteiger partial charge in [-0.15, -0.1) is 0 Å². The molecule has 0 amide bonds. The van der Waals surface area contributed by atoms with Gasteiger partial charge in [0.1, 0.15) is 0 Å². The van der Waals surface area contributed by atoms with Crippen molar-refractivity contribution in [1.29, 1.82) is 0 Å². The number of aromatic amines is 2. The third kappa shape index (κ3) is 1.72. The number of hydrogen-bond acceptors (Lipinski definition) is 1. The van der Waals surface area contributed by atoms with Crippen LogP contribution in [0, 0.1) is 6.92 Å². The van der Waals surface area contributed by atoms with Crippen LogP contribution < -0.4 is 0 Å². The highest BCUT2D eigenvalue weighted by atomic mass is 16.1. The van der Waals surface area contributed by atoms with Gasteiger partial charge in [0.15, 0.2) is 5.78 Å². The molecule has 0 atom stereocenters. The summed E-state index contributed by atoms with van der Waals surface area (Å²) in [6, 6.07) is 16.1. The van der Waals surface area contributed by atoms with Crippen molar-refractivity contribution in [2.24, 2.45) is 0 Å². The fraction of sp³-hybridized carbons (Fsp3) is 0.105. The molecule has 0 saturated carbocycles. The van der Waals surface area contributed by atoms with E-state index in [2.05, 4.69) is 29.0 Å². The minimum atomic E-state index is 0.0745. The van der Waals surface area contributed by atoms with Crippen LogP contribution in [0.25, 0.3) is 33.2 Å². The van der Waals surface area contributed by atoms with E-state index in [0.717, 1.165) is 38.9 Å². The van der Waals surface area contributed by atoms with Gasteiger partial charge in [-0.25, -0.2) is 0 Å². The SMILES string of the molecule is CC(=O)c1c(-c2[nH]c3ccccc3c2C)[nH]c2ccccc12. The lowest BCUT2D eigenvalue weighted by Gasteiger charge is -2.01. The van der Waals surface area contributed by atoms with Crippen LogP contribution in [-0.4, -0.2) is 15.8 Å². The Morgan fingerprint density at radius 1 is 0.818 bits per heavy atom. The molecule has 4 aromatic rings. The monoisotopic (exact) mass is 288 g/mol. The van der Waals surface area contributed by atoms with Crippen LogP contribution in [0.15, 0.2) is 48.5 Å². The fourth-order valence-electron chi connectivity index (χ4n) is 3.23. The summed E-state index contributed by atoms with van der Waals surface area (Å²) in [6.07, 6.45) is 0. The van der Waals surface area contributed by atoms with Crippen molar-refractivity contribution in [3.8, 4) is 11.4 Å². The number of para-hydroxylation sites is 2. The van der Waals surface area contributed by atoms with E-state index in [0.29, 0.717) is 0 Å². The number of carbonyl (C=O) groups excluding carboxylic acids is 1. The van der Waals surface area contributed by atoms with Crippen LogP contribution in [0.3, 0.4) is 0 Å². The predicted molar refractivity (Wildman–Crippen MR) is 90.3 cm³/mol. The van der Waals surface area contributed by atoms with Gasteiger partial charge in [0.25, 0.3) is 0 Å². The highest BCUT2D eigenvalue weighted by molar-refractivity contribution is 6.13. The van der Waals surface area contributed by atoms with Crippen LogP contribution in [0.5, 0.6) is 0 Å². The maximum atomic E-state index is 12.2. The van der Waals surface area contributed by atoms with Crippen molar-refractivity contribution in [1.82, 2.24) is 9.97 Å². The maximum absolute atomic E-state index is 12.2. The zero-order chi connectivity index (χ0) is 15.3. The number of aryl methyl sites for hydroxylation is 1. The summed E-state index contributed by atoms with van der Waals surface area (Å²) in [7, 11) is 0. The van der Waals surface area contributed by atoms with Crippen LogP contribution in [0.2, 0.25) is 0 Å². The zero-order valence-corrected chi connectivity index (χ0v) is 12.5. The summed E-state index contributed by atoms with van der Waals surface area (Å²) in [5, 5.41) is 2.16. The normalized spacial score (nSPS) is 11.4. The van der Waals surface area contributed by atoms with Crippen molar-refractivity contribution in [2.45, 2.75) is 13.8 Å². The standard InChI is InChI=1S/C19H16N2O/c1-11-13-7-3-5-9-15(13)20-18(11)19-17(12(2)22)14-8-4-6-10-16(14)21-19/h3-10,20-21H,1-2H3. The van der Waals surface area contributed by atoms with Crippen molar-refractivity contribution >= 4 is 27.6 Å². The number of aromatic nitrogens is 2. The third-order valence-electron chi connectivity index (χ3n) is 4.27. The fourth-order valence-corrected chi connectivity index (χ4v) is 3.23. The van der Waals surface area contributed by atoms with Gasteiger partial charge in [0.2, 0.25) is 0 Å². The lowest BCUT2D eigenvalue weighted by Crippen LogP contribution is -1.95. The molecular weight excluding hydrogens is 272 g/mol.